The molecule has 0 saturated heterocycles. The predicted molar refractivity (Wildman–Crippen MR) is 104 cm³/mol. The van der Waals surface area contributed by atoms with E-state index < -0.39 is 0 Å². The lowest BCUT2D eigenvalue weighted by Gasteiger charge is -2.22. The first-order valence-electron chi connectivity index (χ1n) is 8.75. The van der Waals surface area contributed by atoms with Crippen molar-refractivity contribution in [1.29, 1.82) is 0 Å². The molecule has 2 aromatic carbocycles. The van der Waals surface area contributed by atoms with Crippen molar-refractivity contribution in [2.75, 3.05) is 20.2 Å². The molecule has 1 atom stereocenters. The van der Waals surface area contributed by atoms with Crippen molar-refractivity contribution in [3.63, 3.8) is 0 Å². The molecule has 0 N–H and O–H groups in total. The molecule has 0 bridgehead atoms. The lowest BCUT2D eigenvalue weighted by molar-refractivity contribution is -0.146. The number of hydrogen-bond acceptors (Lipinski definition) is 3. The fourth-order valence-corrected chi connectivity index (χ4v) is 2.71. The smallest absolute Gasteiger partial charge is 0.310 e. The Morgan fingerprint density at radius 1 is 1.08 bits per heavy atom. The summed E-state index contributed by atoms with van der Waals surface area (Å²) in [5, 5.41) is 0. The lowest BCUT2D eigenvalue weighted by atomic mass is 10.0. The molecular weight excluding hydrogens is 326 g/mol. The Labute approximate surface area is 155 Å². The van der Waals surface area contributed by atoms with Crippen LogP contribution < -0.4 is 0 Å². The van der Waals surface area contributed by atoms with Gasteiger partial charge in [0.25, 0.3) is 0 Å². The van der Waals surface area contributed by atoms with E-state index >= 15 is 0 Å². The summed E-state index contributed by atoms with van der Waals surface area (Å²) in [5.41, 5.74) is 3.19. The van der Waals surface area contributed by atoms with Crippen LogP contribution in [0, 0.1) is 5.92 Å². The number of likely N-dealkylation sites (N-methyl/N-ethyl adjacent to an activating group) is 1. The standard InChI is InChI=1S/C22H25NO3/c1-4-23(16-17(2)22(25)26-3)21(24)14-13-18-9-8-12-20(15-18)19-10-6-5-7-11-19/h5-15,17H,4,16H2,1-3H3/b14-13+. The molecular formula is C22H25NO3. The number of nitrogens with zero attached hydrogens (tertiary/aromatic N) is 1. The predicted octanol–water partition coefficient (Wildman–Crippen LogP) is 4.02. The Bertz CT molecular complexity index is 768. The summed E-state index contributed by atoms with van der Waals surface area (Å²) in [4.78, 5) is 25.6. The molecule has 0 saturated carbocycles. The van der Waals surface area contributed by atoms with Crippen LogP contribution in [0.15, 0.2) is 60.7 Å². The maximum atomic E-state index is 12.4. The minimum absolute atomic E-state index is 0.117. The normalized spacial score (nSPS) is 12.0. The number of ether oxygens (including phenoxy) is 1. The van der Waals surface area contributed by atoms with Gasteiger partial charge in [-0.3, -0.25) is 9.59 Å². The molecule has 1 amide bonds. The summed E-state index contributed by atoms with van der Waals surface area (Å²) >= 11 is 0. The highest BCUT2D eigenvalue weighted by atomic mass is 16.5. The molecule has 0 radical (unpaired) electrons. The highest BCUT2D eigenvalue weighted by Crippen LogP contribution is 2.20. The van der Waals surface area contributed by atoms with Crippen LogP contribution in [0.1, 0.15) is 19.4 Å². The quantitative estimate of drug-likeness (QED) is 0.559. The zero-order valence-corrected chi connectivity index (χ0v) is 15.5. The maximum absolute atomic E-state index is 12.4. The number of hydrogen-bond donors (Lipinski definition) is 0. The minimum Gasteiger partial charge on any atom is -0.469 e. The van der Waals surface area contributed by atoms with Crippen LogP contribution in [-0.2, 0) is 14.3 Å². The lowest BCUT2D eigenvalue weighted by Crippen LogP contribution is -2.36. The summed E-state index contributed by atoms with van der Waals surface area (Å²) in [6.45, 7) is 4.53. The van der Waals surface area contributed by atoms with Gasteiger partial charge in [0.05, 0.1) is 13.0 Å². The zero-order valence-electron chi connectivity index (χ0n) is 15.5. The number of rotatable bonds is 7. The fraction of sp³-hybridized carbons (Fsp3) is 0.273. The Kier molecular flexibility index (Phi) is 7.15. The first-order chi connectivity index (χ1) is 12.5. The van der Waals surface area contributed by atoms with Gasteiger partial charge < -0.3 is 9.64 Å². The Hall–Kier alpha value is -2.88. The van der Waals surface area contributed by atoms with Crippen LogP contribution in [-0.4, -0.2) is 37.0 Å². The topological polar surface area (TPSA) is 46.6 Å². The van der Waals surface area contributed by atoms with Gasteiger partial charge in [0.1, 0.15) is 0 Å². The monoisotopic (exact) mass is 351 g/mol. The van der Waals surface area contributed by atoms with E-state index in [-0.39, 0.29) is 17.8 Å². The van der Waals surface area contributed by atoms with Crippen molar-refractivity contribution in [2.24, 2.45) is 5.92 Å². The van der Waals surface area contributed by atoms with Gasteiger partial charge in [-0.2, -0.15) is 0 Å². The molecule has 136 valence electrons. The SMILES string of the molecule is CCN(CC(C)C(=O)OC)C(=O)/C=C/c1cccc(-c2ccccc2)c1. The molecule has 0 fully saturated rings. The van der Waals surface area contributed by atoms with Gasteiger partial charge in [0, 0.05) is 19.2 Å². The highest BCUT2D eigenvalue weighted by molar-refractivity contribution is 5.92. The van der Waals surface area contributed by atoms with Gasteiger partial charge in [-0.15, -0.1) is 0 Å². The average Bonchev–Trinajstić information content (AvgIpc) is 2.70. The molecule has 1 unspecified atom stereocenters. The van der Waals surface area contributed by atoms with Gasteiger partial charge in [0.2, 0.25) is 5.91 Å². The van der Waals surface area contributed by atoms with Crippen LogP contribution in [0.3, 0.4) is 0 Å². The third-order valence-electron chi connectivity index (χ3n) is 4.20. The van der Waals surface area contributed by atoms with Gasteiger partial charge in [-0.05, 0) is 35.8 Å². The molecule has 2 aromatic rings. The number of benzene rings is 2. The number of carbonyl (C=O) groups is 2. The molecule has 0 aliphatic carbocycles. The second kappa shape index (κ2) is 9.56. The highest BCUT2D eigenvalue weighted by Gasteiger charge is 2.18. The van der Waals surface area contributed by atoms with Crippen LogP contribution in [0.4, 0.5) is 0 Å². The summed E-state index contributed by atoms with van der Waals surface area (Å²) in [7, 11) is 1.36. The van der Waals surface area contributed by atoms with Gasteiger partial charge in [0.15, 0.2) is 0 Å². The first kappa shape index (κ1) is 19.4. The van der Waals surface area contributed by atoms with E-state index in [1.807, 2.05) is 49.4 Å². The van der Waals surface area contributed by atoms with Crippen molar-refractivity contribution in [3.05, 3.63) is 66.2 Å². The second-order valence-electron chi connectivity index (χ2n) is 6.13. The maximum Gasteiger partial charge on any atom is 0.310 e. The van der Waals surface area contributed by atoms with Crippen LogP contribution in [0.2, 0.25) is 0 Å². The zero-order chi connectivity index (χ0) is 18.9. The number of carbonyl (C=O) groups excluding carboxylic acids is 2. The Balaban J connectivity index is 2.08. The third-order valence-corrected chi connectivity index (χ3v) is 4.20. The molecule has 4 heteroatoms. The van der Waals surface area contributed by atoms with E-state index in [2.05, 4.69) is 12.1 Å². The van der Waals surface area contributed by atoms with Crippen molar-refractivity contribution >= 4 is 18.0 Å². The summed E-state index contributed by atoms with van der Waals surface area (Å²) in [6, 6.07) is 18.1. The number of esters is 1. The van der Waals surface area contributed by atoms with Crippen molar-refractivity contribution in [1.82, 2.24) is 4.90 Å². The van der Waals surface area contributed by atoms with Gasteiger partial charge >= 0.3 is 5.97 Å². The largest absolute Gasteiger partial charge is 0.469 e. The molecule has 0 aromatic heterocycles. The molecule has 26 heavy (non-hydrogen) atoms. The van der Waals surface area contributed by atoms with Crippen LogP contribution in [0.5, 0.6) is 0 Å². The van der Waals surface area contributed by atoms with E-state index in [0.717, 1.165) is 16.7 Å². The van der Waals surface area contributed by atoms with Crippen LogP contribution in [0.25, 0.3) is 17.2 Å². The Morgan fingerprint density at radius 3 is 2.42 bits per heavy atom. The summed E-state index contributed by atoms with van der Waals surface area (Å²) in [5.74, 6) is -0.775. The first-order valence-corrected chi connectivity index (χ1v) is 8.75. The van der Waals surface area contributed by atoms with Crippen molar-refractivity contribution in [2.45, 2.75) is 13.8 Å². The van der Waals surface area contributed by atoms with Gasteiger partial charge in [-0.1, -0.05) is 55.5 Å². The number of amides is 1. The van der Waals surface area contributed by atoms with Crippen LogP contribution >= 0.6 is 0 Å². The molecule has 0 aliphatic rings. The van der Waals surface area contributed by atoms with E-state index in [1.54, 1.807) is 24.0 Å². The average molecular weight is 351 g/mol. The fourth-order valence-electron chi connectivity index (χ4n) is 2.71. The third kappa shape index (κ3) is 5.31. The molecule has 0 spiro atoms. The van der Waals surface area contributed by atoms with E-state index in [9.17, 15) is 9.59 Å². The minimum atomic E-state index is -0.348. The molecule has 0 aliphatic heterocycles. The summed E-state index contributed by atoms with van der Waals surface area (Å²) < 4.78 is 4.73. The molecule has 0 heterocycles. The van der Waals surface area contributed by atoms with Gasteiger partial charge in [-0.25, -0.2) is 0 Å². The van der Waals surface area contributed by atoms with E-state index in [0.29, 0.717) is 13.1 Å². The van der Waals surface area contributed by atoms with Crippen molar-refractivity contribution in [3.8, 4) is 11.1 Å². The number of methoxy groups -OCH3 is 1. The summed E-state index contributed by atoms with van der Waals surface area (Å²) in [6.07, 6.45) is 3.36. The van der Waals surface area contributed by atoms with Crippen molar-refractivity contribution < 1.29 is 14.3 Å². The molecule has 2 rings (SSSR count). The Morgan fingerprint density at radius 2 is 1.77 bits per heavy atom. The van der Waals surface area contributed by atoms with E-state index in [4.69, 9.17) is 4.74 Å². The molecule has 4 nitrogen and oxygen atoms in total. The second-order valence-corrected chi connectivity index (χ2v) is 6.13. The van der Waals surface area contributed by atoms with E-state index in [1.165, 1.54) is 7.11 Å².